The maximum Gasteiger partial charge on any atom is 0.160 e. The zero-order valence-electron chi connectivity index (χ0n) is 13.3. The molecule has 0 amide bonds. The number of hydrogen-bond acceptors (Lipinski definition) is 3. The van der Waals surface area contributed by atoms with E-state index in [1.54, 1.807) is 0 Å². The molecular formula is C19H20ClN3. The fourth-order valence-corrected chi connectivity index (χ4v) is 2.42. The molecule has 0 bridgehead atoms. The largest absolute Gasteiger partial charge is 0.325 e. The van der Waals surface area contributed by atoms with Crippen LogP contribution >= 0.6 is 12.4 Å². The van der Waals surface area contributed by atoms with Crippen LogP contribution in [0.25, 0.3) is 22.6 Å². The quantitative estimate of drug-likeness (QED) is 0.780. The summed E-state index contributed by atoms with van der Waals surface area (Å²) in [6.07, 6.45) is 0. The van der Waals surface area contributed by atoms with Gasteiger partial charge >= 0.3 is 0 Å². The number of aromatic nitrogens is 2. The molecule has 0 spiro atoms. The first-order valence-corrected chi connectivity index (χ1v) is 7.38. The average molecular weight is 326 g/mol. The van der Waals surface area contributed by atoms with Crippen LogP contribution in [0.15, 0.2) is 54.6 Å². The zero-order chi connectivity index (χ0) is 15.5. The van der Waals surface area contributed by atoms with Gasteiger partial charge in [0.15, 0.2) is 5.82 Å². The molecule has 0 saturated heterocycles. The van der Waals surface area contributed by atoms with Gasteiger partial charge in [0, 0.05) is 17.7 Å². The Balaban J connectivity index is 0.00000192. The molecule has 1 heterocycles. The molecule has 0 aliphatic carbocycles. The van der Waals surface area contributed by atoms with Crippen LogP contribution in [0.4, 0.5) is 0 Å². The summed E-state index contributed by atoms with van der Waals surface area (Å²) in [6, 6.07) is 18.5. The predicted molar refractivity (Wildman–Crippen MR) is 97.5 cm³/mol. The van der Waals surface area contributed by atoms with E-state index >= 15 is 0 Å². The highest BCUT2D eigenvalue weighted by Gasteiger charge is 2.09. The average Bonchev–Trinajstić information content (AvgIpc) is 2.55. The van der Waals surface area contributed by atoms with Gasteiger partial charge in [-0.1, -0.05) is 54.1 Å². The number of halogens is 1. The van der Waals surface area contributed by atoms with Crippen molar-refractivity contribution in [3.63, 3.8) is 0 Å². The Morgan fingerprint density at radius 2 is 1.61 bits per heavy atom. The molecule has 0 aliphatic heterocycles. The van der Waals surface area contributed by atoms with Crippen molar-refractivity contribution in [1.82, 2.24) is 9.97 Å². The van der Waals surface area contributed by atoms with Crippen molar-refractivity contribution >= 4 is 12.4 Å². The van der Waals surface area contributed by atoms with Crippen molar-refractivity contribution in [2.45, 2.75) is 20.4 Å². The third kappa shape index (κ3) is 3.76. The predicted octanol–water partition coefficient (Wildman–Crippen LogP) is 4.31. The van der Waals surface area contributed by atoms with Crippen molar-refractivity contribution in [2.24, 2.45) is 5.73 Å². The number of nitrogens with two attached hydrogens (primary N) is 1. The lowest BCUT2D eigenvalue weighted by atomic mass is 10.1. The molecule has 3 aromatic rings. The lowest BCUT2D eigenvalue weighted by Crippen LogP contribution is -2.04. The second kappa shape index (κ2) is 7.36. The SMILES string of the molecule is Cc1ccc(-c2cc(CN)nc(-c3ccccc3C)n2)cc1.Cl. The first-order chi connectivity index (χ1) is 10.7. The topological polar surface area (TPSA) is 51.8 Å². The van der Waals surface area contributed by atoms with Gasteiger partial charge in [0.2, 0.25) is 0 Å². The highest BCUT2D eigenvalue weighted by molar-refractivity contribution is 5.85. The van der Waals surface area contributed by atoms with E-state index in [9.17, 15) is 0 Å². The van der Waals surface area contributed by atoms with Gasteiger partial charge in [-0.2, -0.15) is 0 Å². The van der Waals surface area contributed by atoms with E-state index in [1.807, 2.05) is 24.3 Å². The van der Waals surface area contributed by atoms with Gasteiger partial charge in [-0.05, 0) is 25.5 Å². The molecule has 0 aliphatic rings. The van der Waals surface area contributed by atoms with Crippen LogP contribution in [0.5, 0.6) is 0 Å². The van der Waals surface area contributed by atoms with E-state index < -0.39 is 0 Å². The van der Waals surface area contributed by atoms with Crippen molar-refractivity contribution in [1.29, 1.82) is 0 Å². The Hall–Kier alpha value is -2.23. The Labute approximate surface area is 143 Å². The van der Waals surface area contributed by atoms with Crippen molar-refractivity contribution in [3.8, 4) is 22.6 Å². The summed E-state index contributed by atoms with van der Waals surface area (Å²) in [5.74, 6) is 0.733. The molecule has 2 aromatic carbocycles. The normalized spacial score (nSPS) is 10.2. The maximum atomic E-state index is 5.82. The fourth-order valence-electron chi connectivity index (χ4n) is 2.42. The van der Waals surface area contributed by atoms with Gasteiger partial charge in [-0.25, -0.2) is 9.97 Å². The summed E-state index contributed by atoms with van der Waals surface area (Å²) in [5, 5.41) is 0. The molecule has 4 heteroatoms. The van der Waals surface area contributed by atoms with E-state index in [2.05, 4.69) is 49.2 Å². The van der Waals surface area contributed by atoms with Gasteiger partial charge < -0.3 is 5.73 Å². The fraction of sp³-hybridized carbons (Fsp3) is 0.158. The third-order valence-electron chi connectivity index (χ3n) is 3.72. The van der Waals surface area contributed by atoms with Crippen LogP contribution < -0.4 is 5.73 Å². The molecular weight excluding hydrogens is 306 g/mol. The number of benzene rings is 2. The van der Waals surface area contributed by atoms with Crippen LogP contribution in [0.3, 0.4) is 0 Å². The number of nitrogens with zero attached hydrogens (tertiary/aromatic N) is 2. The van der Waals surface area contributed by atoms with Gasteiger partial charge in [0.05, 0.1) is 11.4 Å². The smallest absolute Gasteiger partial charge is 0.160 e. The molecule has 0 fully saturated rings. The van der Waals surface area contributed by atoms with Gasteiger partial charge in [0.1, 0.15) is 0 Å². The molecule has 3 nitrogen and oxygen atoms in total. The Morgan fingerprint density at radius 3 is 2.26 bits per heavy atom. The molecule has 23 heavy (non-hydrogen) atoms. The van der Waals surface area contributed by atoms with Crippen LogP contribution in [0, 0.1) is 13.8 Å². The highest BCUT2D eigenvalue weighted by Crippen LogP contribution is 2.24. The van der Waals surface area contributed by atoms with Gasteiger partial charge in [0.25, 0.3) is 0 Å². The molecule has 0 atom stereocenters. The number of aryl methyl sites for hydroxylation is 2. The highest BCUT2D eigenvalue weighted by atomic mass is 35.5. The lowest BCUT2D eigenvalue weighted by molar-refractivity contribution is 0.971. The van der Waals surface area contributed by atoms with E-state index in [1.165, 1.54) is 5.56 Å². The summed E-state index contributed by atoms with van der Waals surface area (Å²) in [4.78, 5) is 9.34. The van der Waals surface area contributed by atoms with E-state index in [0.29, 0.717) is 6.54 Å². The minimum absolute atomic E-state index is 0. The Kier molecular flexibility index (Phi) is 5.48. The second-order valence-corrected chi connectivity index (χ2v) is 5.45. The summed E-state index contributed by atoms with van der Waals surface area (Å²) in [6.45, 7) is 4.55. The van der Waals surface area contributed by atoms with Crippen LogP contribution in [0.1, 0.15) is 16.8 Å². The maximum absolute atomic E-state index is 5.82. The summed E-state index contributed by atoms with van der Waals surface area (Å²) in [5.41, 5.74) is 12.1. The standard InChI is InChI=1S/C19H19N3.ClH/c1-13-7-9-15(10-8-13)18-11-16(12-20)21-19(22-18)17-6-4-3-5-14(17)2;/h3-11H,12,20H2,1-2H3;1H. The summed E-state index contributed by atoms with van der Waals surface area (Å²) in [7, 11) is 0. The number of rotatable bonds is 3. The monoisotopic (exact) mass is 325 g/mol. The number of hydrogen-bond donors (Lipinski definition) is 1. The minimum atomic E-state index is 0. The van der Waals surface area contributed by atoms with Crippen LogP contribution in [-0.2, 0) is 6.54 Å². The Morgan fingerprint density at radius 1 is 0.913 bits per heavy atom. The molecule has 3 rings (SSSR count). The molecule has 0 unspecified atom stereocenters. The third-order valence-corrected chi connectivity index (χ3v) is 3.72. The lowest BCUT2D eigenvalue weighted by Gasteiger charge is -2.09. The second-order valence-electron chi connectivity index (χ2n) is 5.45. The van der Waals surface area contributed by atoms with Crippen molar-refractivity contribution in [3.05, 3.63) is 71.4 Å². The van der Waals surface area contributed by atoms with Crippen molar-refractivity contribution in [2.75, 3.05) is 0 Å². The first kappa shape index (κ1) is 17.1. The van der Waals surface area contributed by atoms with Crippen molar-refractivity contribution < 1.29 is 0 Å². The van der Waals surface area contributed by atoms with Gasteiger partial charge in [-0.15, -0.1) is 12.4 Å². The molecule has 0 radical (unpaired) electrons. The van der Waals surface area contributed by atoms with Crippen LogP contribution in [-0.4, -0.2) is 9.97 Å². The Bertz CT molecular complexity index is 798. The molecule has 118 valence electrons. The summed E-state index contributed by atoms with van der Waals surface area (Å²) >= 11 is 0. The van der Waals surface area contributed by atoms with Crippen LogP contribution in [0.2, 0.25) is 0 Å². The van der Waals surface area contributed by atoms with E-state index in [-0.39, 0.29) is 12.4 Å². The molecule has 2 N–H and O–H groups in total. The van der Waals surface area contributed by atoms with Gasteiger partial charge in [-0.3, -0.25) is 0 Å². The first-order valence-electron chi connectivity index (χ1n) is 7.38. The van der Waals surface area contributed by atoms with E-state index in [4.69, 9.17) is 10.7 Å². The minimum Gasteiger partial charge on any atom is -0.325 e. The molecule has 0 saturated carbocycles. The van der Waals surface area contributed by atoms with E-state index in [0.717, 1.165) is 33.9 Å². The zero-order valence-corrected chi connectivity index (χ0v) is 14.1. The molecule has 1 aromatic heterocycles. The summed E-state index contributed by atoms with van der Waals surface area (Å²) < 4.78 is 0.